The first-order valence-corrected chi connectivity index (χ1v) is 5.47. The molecule has 0 aromatic carbocycles. The normalized spacial score (nSPS) is 12.6. The van der Waals surface area contributed by atoms with Crippen LogP contribution >= 0.6 is 0 Å². The Morgan fingerprint density at radius 1 is 1.31 bits per heavy atom. The second-order valence-electron chi connectivity index (χ2n) is 3.73. The van der Waals surface area contributed by atoms with Gasteiger partial charge in [-0.3, -0.25) is 9.67 Å². The maximum atomic E-state index is 4.15. The molecular weight excluding hydrogens is 200 g/mol. The fourth-order valence-electron chi connectivity index (χ4n) is 1.60. The third-order valence-electron chi connectivity index (χ3n) is 2.56. The molecule has 4 nitrogen and oxygen atoms in total. The topological polar surface area (TPSA) is 42.7 Å². The zero-order valence-corrected chi connectivity index (χ0v) is 9.37. The van der Waals surface area contributed by atoms with Crippen LogP contribution < -0.4 is 5.32 Å². The van der Waals surface area contributed by atoms with E-state index in [0.717, 1.165) is 13.1 Å². The van der Waals surface area contributed by atoms with E-state index in [-0.39, 0.29) is 0 Å². The molecule has 2 heterocycles. The Labute approximate surface area is 95.3 Å². The van der Waals surface area contributed by atoms with Crippen molar-refractivity contribution < 1.29 is 0 Å². The van der Waals surface area contributed by atoms with Crippen molar-refractivity contribution in [2.45, 2.75) is 19.5 Å². The van der Waals surface area contributed by atoms with Crippen LogP contribution in [0.3, 0.4) is 0 Å². The van der Waals surface area contributed by atoms with Gasteiger partial charge in [0.25, 0.3) is 0 Å². The standard InChI is InChI=1S/C12H16N4/c1-11(12-3-6-13-7-4-12)14-8-10-16-9-2-5-15-16/h2-7,9,11,14H,8,10H2,1H3/t11-/m0/s1. The van der Waals surface area contributed by atoms with Gasteiger partial charge in [0.1, 0.15) is 0 Å². The van der Waals surface area contributed by atoms with E-state index < -0.39 is 0 Å². The lowest BCUT2D eigenvalue weighted by atomic mass is 10.1. The van der Waals surface area contributed by atoms with Crippen LogP contribution in [0.1, 0.15) is 18.5 Å². The maximum absolute atomic E-state index is 4.15. The molecule has 1 N–H and O–H groups in total. The van der Waals surface area contributed by atoms with E-state index in [1.54, 1.807) is 6.20 Å². The quantitative estimate of drug-likeness (QED) is 0.826. The molecule has 0 unspecified atom stereocenters. The molecule has 0 fully saturated rings. The predicted molar refractivity (Wildman–Crippen MR) is 62.9 cm³/mol. The maximum Gasteiger partial charge on any atom is 0.0534 e. The molecule has 2 aromatic heterocycles. The third-order valence-corrected chi connectivity index (χ3v) is 2.56. The molecular formula is C12H16N4. The molecule has 0 aliphatic rings. The third kappa shape index (κ3) is 2.90. The number of hydrogen-bond acceptors (Lipinski definition) is 3. The van der Waals surface area contributed by atoms with Crippen molar-refractivity contribution in [3.8, 4) is 0 Å². The van der Waals surface area contributed by atoms with Gasteiger partial charge < -0.3 is 5.32 Å². The van der Waals surface area contributed by atoms with E-state index in [2.05, 4.69) is 22.3 Å². The molecule has 2 aromatic rings. The summed E-state index contributed by atoms with van der Waals surface area (Å²) in [6.07, 6.45) is 7.41. The van der Waals surface area contributed by atoms with Gasteiger partial charge in [0, 0.05) is 37.4 Å². The van der Waals surface area contributed by atoms with Crippen LogP contribution in [0.5, 0.6) is 0 Å². The first-order chi connectivity index (χ1) is 7.86. The number of aromatic nitrogens is 3. The summed E-state index contributed by atoms with van der Waals surface area (Å²) in [6.45, 7) is 3.95. The van der Waals surface area contributed by atoms with Gasteiger partial charge in [0.2, 0.25) is 0 Å². The van der Waals surface area contributed by atoms with Crippen LogP contribution in [0, 0.1) is 0 Å². The lowest BCUT2D eigenvalue weighted by molar-refractivity contribution is 0.507. The summed E-state index contributed by atoms with van der Waals surface area (Å²) >= 11 is 0. The highest BCUT2D eigenvalue weighted by Crippen LogP contribution is 2.09. The highest BCUT2D eigenvalue weighted by molar-refractivity contribution is 5.13. The molecule has 1 atom stereocenters. The molecule has 84 valence electrons. The summed E-state index contributed by atoms with van der Waals surface area (Å²) < 4.78 is 1.92. The van der Waals surface area contributed by atoms with E-state index in [1.165, 1.54) is 5.56 Å². The van der Waals surface area contributed by atoms with Crippen molar-refractivity contribution in [2.24, 2.45) is 0 Å². The van der Waals surface area contributed by atoms with E-state index >= 15 is 0 Å². The molecule has 0 aliphatic carbocycles. The van der Waals surface area contributed by atoms with Gasteiger partial charge in [-0.25, -0.2) is 0 Å². The fraction of sp³-hybridized carbons (Fsp3) is 0.333. The number of rotatable bonds is 5. The van der Waals surface area contributed by atoms with Crippen LogP contribution in [0.25, 0.3) is 0 Å². The van der Waals surface area contributed by atoms with Crippen molar-refractivity contribution in [1.29, 1.82) is 0 Å². The molecule has 16 heavy (non-hydrogen) atoms. The Morgan fingerprint density at radius 3 is 2.81 bits per heavy atom. The van der Waals surface area contributed by atoms with E-state index in [1.807, 2.05) is 41.5 Å². The Morgan fingerprint density at radius 2 is 2.12 bits per heavy atom. The molecule has 0 bridgehead atoms. The van der Waals surface area contributed by atoms with Crippen LogP contribution in [-0.4, -0.2) is 21.3 Å². The Kier molecular flexibility index (Phi) is 3.66. The van der Waals surface area contributed by atoms with Crippen molar-refractivity contribution >= 4 is 0 Å². The van der Waals surface area contributed by atoms with Gasteiger partial charge in [-0.05, 0) is 30.7 Å². The van der Waals surface area contributed by atoms with Crippen molar-refractivity contribution in [2.75, 3.05) is 6.54 Å². The first kappa shape index (κ1) is 10.8. The summed E-state index contributed by atoms with van der Waals surface area (Å²) in [5, 5.41) is 7.60. The van der Waals surface area contributed by atoms with E-state index in [9.17, 15) is 0 Å². The van der Waals surface area contributed by atoms with E-state index in [0.29, 0.717) is 6.04 Å². The fourth-order valence-corrected chi connectivity index (χ4v) is 1.60. The molecule has 0 saturated heterocycles. The Bertz CT molecular complexity index is 396. The van der Waals surface area contributed by atoms with E-state index in [4.69, 9.17) is 0 Å². The summed E-state index contributed by atoms with van der Waals surface area (Å²) in [4.78, 5) is 4.01. The predicted octanol–water partition coefficient (Wildman–Crippen LogP) is 1.63. The zero-order valence-electron chi connectivity index (χ0n) is 9.37. The lowest BCUT2D eigenvalue weighted by Gasteiger charge is -2.13. The minimum Gasteiger partial charge on any atom is -0.308 e. The summed E-state index contributed by atoms with van der Waals surface area (Å²) in [6, 6.07) is 6.35. The molecule has 0 saturated carbocycles. The minimum atomic E-state index is 0.346. The molecule has 0 amide bonds. The second-order valence-corrected chi connectivity index (χ2v) is 3.73. The van der Waals surface area contributed by atoms with Gasteiger partial charge in [-0.1, -0.05) is 0 Å². The van der Waals surface area contributed by atoms with Gasteiger partial charge in [0.15, 0.2) is 0 Å². The number of nitrogens with one attached hydrogen (secondary N) is 1. The smallest absolute Gasteiger partial charge is 0.0534 e. The van der Waals surface area contributed by atoms with Crippen LogP contribution in [-0.2, 0) is 6.54 Å². The molecule has 0 aliphatic heterocycles. The van der Waals surface area contributed by atoms with Crippen molar-refractivity contribution in [3.63, 3.8) is 0 Å². The summed E-state index contributed by atoms with van der Waals surface area (Å²) in [7, 11) is 0. The van der Waals surface area contributed by atoms with Crippen LogP contribution in [0.2, 0.25) is 0 Å². The first-order valence-electron chi connectivity index (χ1n) is 5.47. The second kappa shape index (κ2) is 5.42. The van der Waals surface area contributed by atoms with Gasteiger partial charge in [-0.15, -0.1) is 0 Å². The van der Waals surface area contributed by atoms with Crippen LogP contribution in [0.4, 0.5) is 0 Å². The number of nitrogens with zero attached hydrogens (tertiary/aromatic N) is 3. The largest absolute Gasteiger partial charge is 0.308 e. The Hall–Kier alpha value is -1.68. The van der Waals surface area contributed by atoms with Gasteiger partial charge in [0.05, 0.1) is 6.54 Å². The summed E-state index contributed by atoms with van der Waals surface area (Å²) in [5.41, 5.74) is 1.26. The average Bonchev–Trinajstić information content (AvgIpc) is 2.83. The van der Waals surface area contributed by atoms with Crippen LogP contribution in [0.15, 0.2) is 43.0 Å². The molecule has 0 radical (unpaired) electrons. The lowest BCUT2D eigenvalue weighted by Crippen LogP contribution is -2.23. The Balaban J connectivity index is 1.78. The summed E-state index contributed by atoms with van der Waals surface area (Å²) in [5.74, 6) is 0. The van der Waals surface area contributed by atoms with Gasteiger partial charge >= 0.3 is 0 Å². The monoisotopic (exact) mass is 216 g/mol. The number of pyridine rings is 1. The van der Waals surface area contributed by atoms with Crippen molar-refractivity contribution in [1.82, 2.24) is 20.1 Å². The minimum absolute atomic E-state index is 0.346. The highest BCUT2D eigenvalue weighted by Gasteiger charge is 2.02. The van der Waals surface area contributed by atoms with Gasteiger partial charge in [-0.2, -0.15) is 5.10 Å². The average molecular weight is 216 g/mol. The molecule has 2 rings (SSSR count). The number of hydrogen-bond donors (Lipinski definition) is 1. The SMILES string of the molecule is C[C@H](NCCn1cccn1)c1ccncc1. The van der Waals surface area contributed by atoms with Crippen molar-refractivity contribution in [3.05, 3.63) is 48.5 Å². The zero-order chi connectivity index (χ0) is 11.2. The molecule has 0 spiro atoms. The molecule has 4 heteroatoms. The highest BCUT2D eigenvalue weighted by atomic mass is 15.3.